The molecule has 0 aromatic heterocycles. The zero-order valence-corrected chi connectivity index (χ0v) is 17.9. The number of benzene rings is 1. The van der Waals surface area contributed by atoms with Gasteiger partial charge in [0, 0.05) is 45.7 Å². The molecule has 2 amide bonds. The van der Waals surface area contributed by atoms with Crippen molar-refractivity contribution in [2.75, 3.05) is 60.0 Å². The Hall–Kier alpha value is -2.28. The predicted molar refractivity (Wildman–Crippen MR) is 111 cm³/mol. The van der Waals surface area contributed by atoms with Crippen LogP contribution in [0.4, 0.5) is 0 Å². The first-order chi connectivity index (χ1) is 14.0. The molecular weight excluding hydrogens is 370 g/mol. The van der Waals surface area contributed by atoms with E-state index in [-0.39, 0.29) is 17.7 Å². The van der Waals surface area contributed by atoms with Crippen LogP contribution >= 0.6 is 0 Å². The quantitative estimate of drug-likeness (QED) is 0.661. The van der Waals surface area contributed by atoms with E-state index in [0.29, 0.717) is 31.0 Å². The SMILES string of the molecule is CCCN1CCN(C(=O)[C@H]2CC(=O)N(CCc3ccc(OC)c(OC)c3)C2)CC1. The van der Waals surface area contributed by atoms with Gasteiger partial charge in [-0.05, 0) is 37.1 Å². The average molecular weight is 404 g/mol. The second-order valence-corrected chi connectivity index (χ2v) is 7.85. The number of amides is 2. The summed E-state index contributed by atoms with van der Waals surface area (Å²) in [6.07, 6.45) is 2.20. The fraction of sp³-hybridized carbons (Fsp3) is 0.636. The van der Waals surface area contributed by atoms with Crippen molar-refractivity contribution in [1.82, 2.24) is 14.7 Å². The standard InChI is InChI=1S/C22H33N3O4/c1-4-8-23-10-12-24(13-11-23)22(27)18-15-21(26)25(16-18)9-7-17-5-6-19(28-2)20(14-17)29-3/h5-6,14,18H,4,7-13,15-16H2,1-3H3/t18-/m0/s1. The number of piperazine rings is 1. The third-order valence-corrected chi connectivity index (χ3v) is 5.91. The Morgan fingerprint density at radius 3 is 2.45 bits per heavy atom. The Bertz CT molecular complexity index is 716. The van der Waals surface area contributed by atoms with Gasteiger partial charge >= 0.3 is 0 Å². The third kappa shape index (κ3) is 5.21. The highest BCUT2D eigenvalue weighted by atomic mass is 16.5. The lowest BCUT2D eigenvalue weighted by Gasteiger charge is -2.35. The highest BCUT2D eigenvalue weighted by molar-refractivity contribution is 5.89. The van der Waals surface area contributed by atoms with Gasteiger partial charge in [-0.2, -0.15) is 0 Å². The smallest absolute Gasteiger partial charge is 0.228 e. The van der Waals surface area contributed by atoms with E-state index >= 15 is 0 Å². The number of hydrogen-bond donors (Lipinski definition) is 0. The Balaban J connectivity index is 1.51. The van der Waals surface area contributed by atoms with E-state index in [4.69, 9.17) is 9.47 Å². The molecule has 3 rings (SSSR count). The molecule has 160 valence electrons. The minimum atomic E-state index is -0.203. The van der Waals surface area contributed by atoms with Crippen LogP contribution in [0.3, 0.4) is 0 Å². The van der Waals surface area contributed by atoms with Gasteiger partial charge in [0.25, 0.3) is 0 Å². The van der Waals surface area contributed by atoms with E-state index in [2.05, 4.69) is 11.8 Å². The molecule has 1 aromatic rings. The maximum atomic E-state index is 12.9. The number of carbonyl (C=O) groups is 2. The molecule has 0 N–H and O–H groups in total. The minimum Gasteiger partial charge on any atom is -0.493 e. The van der Waals surface area contributed by atoms with E-state index in [0.717, 1.165) is 51.1 Å². The third-order valence-electron chi connectivity index (χ3n) is 5.91. The van der Waals surface area contributed by atoms with Crippen molar-refractivity contribution in [1.29, 1.82) is 0 Å². The van der Waals surface area contributed by atoms with Gasteiger partial charge in [-0.15, -0.1) is 0 Å². The van der Waals surface area contributed by atoms with Crippen molar-refractivity contribution >= 4 is 11.8 Å². The summed E-state index contributed by atoms with van der Waals surface area (Å²) >= 11 is 0. The van der Waals surface area contributed by atoms with Crippen LogP contribution in [0.5, 0.6) is 11.5 Å². The van der Waals surface area contributed by atoms with Crippen LogP contribution in [-0.2, 0) is 16.0 Å². The monoisotopic (exact) mass is 403 g/mol. The summed E-state index contributed by atoms with van der Waals surface area (Å²) in [4.78, 5) is 31.5. The summed E-state index contributed by atoms with van der Waals surface area (Å²) in [7, 11) is 3.23. The van der Waals surface area contributed by atoms with Gasteiger partial charge in [0.2, 0.25) is 11.8 Å². The molecule has 0 saturated carbocycles. The number of hydrogen-bond acceptors (Lipinski definition) is 5. The largest absolute Gasteiger partial charge is 0.493 e. The lowest BCUT2D eigenvalue weighted by Crippen LogP contribution is -2.50. The zero-order valence-electron chi connectivity index (χ0n) is 17.9. The fourth-order valence-corrected chi connectivity index (χ4v) is 4.22. The lowest BCUT2D eigenvalue weighted by molar-refractivity contribution is -0.137. The molecule has 2 saturated heterocycles. The van der Waals surface area contributed by atoms with E-state index in [9.17, 15) is 9.59 Å². The van der Waals surface area contributed by atoms with Crippen LogP contribution in [0.2, 0.25) is 0 Å². The molecule has 0 aliphatic carbocycles. The number of nitrogens with zero attached hydrogens (tertiary/aromatic N) is 3. The highest BCUT2D eigenvalue weighted by Crippen LogP contribution is 2.28. The van der Waals surface area contributed by atoms with E-state index in [1.165, 1.54) is 0 Å². The van der Waals surface area contributed by atoms with E-state index in [1.807, 2.05) is 28.0 Å². The molecule has 0 bridgehead atoms. The van der Waals surface area contributed by atoms with Gasteiger partial charge < -0.3 is 19.3 Å². The minimum absolute atomic E-state index is 0.0773. The van der Waals surface area contributed by atoms with Gasteiger partial charge in [0.1, 0.15) is 0 Å². The Kier molecular flexibility index (Phi) is 7.36. The number of likely N-dealkylation sites (tertiary alicyclic amines) is 1. The van der Waals surface area contributed by atoms with Gasteiger partial charge in [-0.25, -0.2) is 0 Å². The number of rotatable bonds is 8. The summed E-state index contributed by atoms with van der Waals surface area (Å²) in [5.41, 5.74) is 1.08. The molecule has 2 aliphatic heterocycles. The first kappa shape index (κ1) is 21.4. The van der Waals surface area contributed by atoms with E-state index < -0.39 is 0 Å². The molecule has 2 fully saturated rings. The Morgan fingerprint density at radius 1 is 1.07 bits per heavy atom. The van der Waals surface area contributed by atoms with Crippen LogP contribution < -0.4 is 9.47 Å². The topological polar surface area (TPSA) is 62.3 Å². The number of methoxy groups -OCH3 is 2. The molecule has 0 radical (unpaired) electrons. The van der Waals surface area contributed by atoms with Crippen LogP contribution in [0.25, 0.3) is 0 Å². The van der Waals surface area contributed by atoms with Gasteiger partial charge in [0.05, 0.1) is 20.1 Å². The van der Waals surface area contributed by atoms with Crippen molar-refractivity contribution in [2.45, 2.75) is 26.2 Å². The predicted octanol–water partition coefficient (Wildman–Crippen LogP) is 1.65. The molecule has 7 nitrogen and oxygen atoms in total. The van der Waals surface area contributed by atoms with Crippen LogP contribution in [0.1, 0.15) is 25.3 Å². The van der Waals surface area contributed by atoms with Crippen LogP contribution in [-0.4, -0.2) is 86.5 Å². The second kappa shape index (κ2) is 9.96. The van der Waals surface area contributed by atoms with Gasteiger partial charge in [-0.3, -0.25) is 14.5 Å². The van der Waals surface area contributed by atoms with Gasteiger partial charge in [0.15, 0.2) is 11.5 Å². The van der Waals surface area contributed by atoms with Crippen molar-refractivity contribution < 1.29 is 19.1 Å². The summed E-state index contributed by atoms with van der Waals surface area (Å²) in [5.74, 6) is 1.40. The molecule has 0 spiro atoms. The first-order valence-electron chi connectivity index (χ1n) is 10.6. The van der Waals surface area contributed by atoms with E-state index in [1.54, 1.807) is 14.2 Å². The highest BCUT2D eigenvalue weighted by Gasteiger charge is 2.37. The average Bonchev–Trinajstić information content (AvgIpc) is 3.12. The van der Waals surface area contributed by atoms with Crippen molar-refractivity contribution in [3.63, 3.8) is 0 Å². The molecule has 2 aliphatic rings. The number of carbonyl (C=O) groups excluding carboxylic acids is 2. The maximum Gasteiger partial charge on any atom is 0.228 e. The van der Waals surface area contributed by atoms with Crippen molar-refractivity contribution in [3.05, 3.63) is 23.8 Å². The molecule has 0 unspecified atom stereocenters. The van der Waals surface area contributed by atoms with Crippen LogP contribution in [0, 0.1) is 5.92 Å². The van der Waals surface area contributed by atoms with Gasteiger partial charge in [-0.1, -0.05) is 13.0 Å². The summed E-state index contributed by atoms with van der Waals surface area (Å²) < 4.78 is 10.6. The normalized spacial score (nSPS) is 20.2. The summed E-state index contributed by atoms with van der Waals surface area (Å²) in [6.45, 7) is 7.82. The molecule has 2 heterocycles. The lowest BCUT2D eigenvalue weighted by atomic mass is 10.1. The summed E-state index contributed by atoms with van der Waals surface area (Å²) in [5, 5.41) is 0. The van der Waals surface area contributed by atoms with Crippen molar-refractivity contribution in [2.24, 2.45) is 5.92 Å². The Morgan fingerprint density at radius 2 is 1.79 bits per heavy atom. The molecule has 7 heteroatoms. The van der Waals surface area contributed by atoms with Crippen molar-refractivity contribution in [3.8, 4) is 11.5 Å². The molecule has 1 atom stereocenters. The second-order valence-electron chi connectivity index (χ2n) is 7.85. The molecular formula is C22H33N3O4. The first-order valence-corrected chi connectivity index (χ1v) is 10.6. The molecule has 1 aromatic carbocycles. The summed E-state index contributed by atoms with van der Waals surface area (Å²) in [6, 6.07) is 5.81. The maximum absolute atomic E-state index is 12.9. The molecule has 29 heavy (non-hydrogen) atoms. The number of ether oxygens (including phenoxy) is 2. The Labute approximate surface area is 173 Å². The zero-order chi connectivity index (χ0) is 20.8. The van der Waals surface area contributed by atoms with Crippen LogP contribution in [0.15, 0.2) is 18.2 Å². The fourth-order valence-electron chi connectivity index (χ4n) is 4.22.